The molecule has 0 saturated heterocycles. The normalized spacial score (nSPS) is 12.2. The van der Waals surface area contributed by atoms with E-state index in [4.69, 9.17) is 11.6 Å². The maximum absolute atomic E-state index is 13.2. The van der Waals surface area contributed by atoms with Crippen molar-refractivity contribution in [3.8, 4) is 0 Å². The quantitative estimate of drug-likeness (QED) is 0.376. The number of nitrogens with zero attached hydrogens (tertiary/aromatic N) is 1. The number of anilines is 3. The number of nitrogens with one attached hydrogen (secondary N) is 2. The number of carbonyl (C=O) groups excluding carboxylic acids is 1. The van der Waals surface area contributed by atoms with E-state index < -0.39 is 54.9 Å². The molecule has 3 aromatic carbocycles. The largest absolute Gasteiger partial charge is 0.417 e. The zero-order chi connectivity index (χ0) is 28.5. The number of sulfonamides is 2. The van der Waals surface area contributed by atoms with Crippen molar-refractivity contribution < 1.29 is 34.8 Å². The molecule has 3 rings (SSSR count). The maximum Gasteiger partial charge on any atom is 0.417 e. The number of alkyl halides is 3. The molecule has 0 radical (unpaired) electrons. The minimum absolute atomic E-state index is 0.0863. The Morgan fingerprint density at radius 2 is 1.53 bits per heavy atom. The van der Waals surface area contributed by atoms with Gasteiger partial charge < -0.3 is 5.32 Å². The van der Waals surface area contributed by atoms with Gasteiger partial charge >= 0.3 is 6.18 Å². The Labute approximate surface area is 223 Å². The van der Waals surface area contributed by atoms with Gasteiger partial charge in [-0.15, -0.1) is 0 Å². The van der Waals surface area contributed by atoms with Gasteiger partial charge in [0, 0.05) is 5.69 Å². The number of benzene rings is 3. The van der Waals surface area contributed by atoms with Crippen molar-refractivity contribution in [3.63, 3.8) is 0 Å². The number of amides is 1. The number of para-hydroxylation sites is 1. The van der Waals surface area contributed by atoms with Gasteiger partial charge in [0.15, 0.2) is 0 Å². The van der Waals surface area contributed by atoms with Crippen LogP contribution in [0.4, 0.5) is 30.2 Å². The molecule has 8 nitrogen and oxygen atoms in total. The molecule has 0 bridgehead atoms. The third-order valence-corrected chi connectivity index (χ3v) is 8.23. The van der Waals surface area contributed by atoms with Crippen molar-refractivity contribution in [2.45, 2.75) is 24.9 Å². The fourth-order valence-corrected chi connectivity index (χ4v) is 5.78. The summed E-state index contributed by atoms with van der Waals surface area (Å²) in [5.74, 6) is -0.872. The van der Waals surface area contributed by atoms with E-state index in [9.17, 15) is 34.8 Å². The van der Waals surface area contributed by atoms with Crippen molar-refractivity contribution in [3.05, 3.63) is 82.4 Å². The second-order valence-corrected chi connectivity index (χ2v) is 12.4. The fourth-order valence-electron chi connectivity index (χ4n) is 3.50. The molecule has 38 heavy (non-hydrogen) atoms. The highest BCUT2D eigenvalue weighted by Crippen LogP contribution is 2.37. The Bertz CT molecular complexity index is 1560. The van der Waals surface area contributed by atoms with Crippen LogP contribution in [-0.4, -0.2) is 35.5 Å². The SMILES string of the molecule is Cc1cccc(C)c1NS(=O)(=O)c1ccc(NC(=O)CN(c2ccc(Cl)c(C(F)(F)F)c2)S(C)(=O)=O)cc1. The van der Waals surface area contributed by atoms with Crippen LogP contribution in [0.3, 0.4) is 0 Å². The Morgan fingerprint density at radius 1 is 0.947 bits per heavy atom. The van der Waals surface area contributed by atoms with Crippen molar-refractivity contribution in [1.82, 2.24) is 0 Å². The minimum atomic E-state index is -4.84. The van der Waals surface area contributed by atoms with Gasteiger partial charge in [-0.3, -0.25) is 13.8 Å². The average molecular weight is 590 g/mol. The first-order valence-corrected chi connectivity index (χ1v) is 14.5. The minimum Gasteiger partial charge on any atom is -0.325 e. The summed E-state index contributed by atoms with van der Waals surface area (Å²) in [5.41, 5.74) is 0.394. The van der Waals surface area contributed by atoms with Gasteiger partial charge in [0.1, 0.15) is 6.54 Å². The van der Waals surface area contributed by atoms with Crippen molar-refractivity contribution in [1.29, 1.82) is 0 Å². The first kappa shape index (κ1) is 29.3. The van der Waals surface area contributed by atoms with Crippen LogP contribution in [0.25, 0.3) is 0 Å². The van der Waals surface area contributed by atoms with E-state index in [0.717, 1.165) is 29.5 Å². The Balaban J connectivity index is 1.78. The Hall–Kier alpha value is -3.29. The second kappa shape index (κ2) is 10.8. The molecular weight excluding hydrogens is 567 g/mol. The highest BCUT2D eigenvalue weighted by atomic mass is 35.5. The molecule has 0 fully saturated rings. The first-order valence-electron chi connectivity index (χ1n) is 10.8. The molecule has 0 unspecified atom stereocenters. The summed E-state index contributed by atoms with van der Waals surface area (Å²) in [5, 5.41) is 1.78. The Morgan fingerprint density at radius 3 is 2.05 bits per heavy atom. The van der Waals surface area contributed by atoms with Gasteiger partial charge in [0.25, 0.3) is 10.0 Å². The summed E-state index contributed by atoms with van der Waals surface area (Å²) < 4.78 is 92.9. The number of carbonyl (C=O) groups is 1. The zero-order valence-electron chi connectivity index (χ0n) is 20.3. The molecule has 0 aliphatic heterocycles. The molecule has 0 aliphatic rings. The van der Waals surface area contributed by atoms with E-state index >= 15 is 0 Å². The second-order valence-electron chi connectivity index (χ2n) is 8.38. The molecule has 3 aromatic rings. The van der Waals surface area contributed by atoms with Crippen LogP contribution < -0.4 is 14.3 Å². The lowest BCUT2D eigenvalue weighted by Gasteiger charge is -2.23. The topological polar surface area (TPSA) is 113 Å². The standard InChI is InChI=1S/C24H23ClF3N3O5S2/c1-15-5-4-6-16(2)23(15)30-38(35,36)19-10-7-17(8-11-19)29-22(32)14-31(37(3,33)34)18-9-12-21(25)20(13-18)24(26,27)28/h4-13,30H,14H2,1-3H3,(H,29,32). The lowest BCUT2D eigenvalue weighted by atomic mass is 10.1. The monoisotopic (exact) mass is 589 g/mol. The molecule has 1 amide bonds. The summed E-state index contributed by atoms with van der Waals surface area (Å²) >= 11 is 5.60. The third kappa shape index (κ3) is 6.97. The van der Waals surface area contributed by atoms with E-state index in [1.54, 1.807) is 32.0 Å². The average Bonchev–Trinajstić information content (AvgIpc) is 2.79. The highest BCUT2D eigenvalue weighted by molar-refractivity contribution is 7.92. The van der Waals surface area contributed by atoms with Crippen LogP contribution in [0.5, 0.6) is 0 Å². The van der Waals surface area contributed by atoms with Crippen LogP contribution in [0.1, 0.15) is 16.7 Å². The van der Waals surface area contributed by atoms with Crippen LogP contribution in [-0.2, 0) is 31.0 Å². The van der Waals surface area contributed by atoms with E-state index in [1.165, 1.54) is 24.3 Å². The molecular formula is C24H23ClF3N3O5S2. The molecule has 2 N–H and O–H groups in total. The lowest BCUT2D eigenvalue weighted by molar-refractivity contribution is -0.137. The molecule has 0 spiro atoms. The number of hydrogen-bond donors (Lipinski definition) is 2. The summed E-state index contributed by atoms with van der Waals surface area (Å²) in [4.78, 5) is 12.5. The molecule has 0 heterocycles. The van der Waals surface area contributed by atoms with Crippen molar-refractivity contribution >= 4 is 54.6 Å². The van der Waals surface area contributed by atoms with Gasteiger partial charge in [0.2, 0.25) is 15.9 Å². The predicted octanol–water partition coefficient (Wildman–Crippen LogP) is 5.18. The van der Waals surface area contributed by atoms with Crippen LogP contribution >= 0.6 is 11.6 Å². The number of halogens is 4. The first-order chi connectivity index (χ1) is 17.5. The maximum atomic E-state index is 13.2. The van der Waals surface area contributed by atoms with Crippen LogP contribution in [0.15, 0.2) is 65.6 Å². The van der Waals surface area contributed by atoms with Gasteiger partial charge in [-0.2, -0.15) is 13.2 Å². The molecule has 0 saturated carbocycles. The molecule has 204 valence electrons. The summed E-state index contributed by atoms with van der Waals surface area (Å²) in [6.45, 7) is 2.68. The summed E-state index contributed by atoms with van der Waals surface area (Å²) in [6, 6.07) is 12.9. The van der Waals surface area contributed by atoms with E-state index in [-0.39, 0.29) is 10.6 Å². The van der Waals surface area contributed by atoms with Gasteiger partial charge in [0.05, 0.1) is 33.1 Å². The smallest absolute Gasteiger partial charge is 0.325 e. The molecule has 0 aliphatic carbocycles. The highest BCUT2D eigenvalue weighted by Gasteiger charge is 2.34. The van der Waals surface area contributed by atoms with Gasteiger partial charge in [-0.1, -0.05) is 29.8 Å². The molecule has 14 heteroatoms. The summed E-state index contributed by atoms with van der Waals surface area (Å²) in [6.07, 6.45) is -4.10. The van der Waals surface area contributed by atoms with Crippen LogP contribution in [0, 0.1) is 13.8 Å². The third-order valence-electron chi connectivity index (χ3n) is 5.40. The number of rotatable bonds is 8. The van der Waals surface area contributed by atoms with E-state index in [0.29, 0.717) is 16.1 Å². The van der Waals surface area contributed by atoms with Gasteiger partial charge in [-0.05, 0) is 67.4 Å². The van der Waals surface area contributed by atoms with Gasteiger partial charge in [-0.25, -0.2) is 16.8 Å². The number of aryl methyl sites for hydroxylation is 2. The summed E-state index contributed by atoms with van der Waals surface area (Å²) in [7, 11) is -8.12. The molecule has 0 atom stereocenters. The Kier molecular flexibility index (Phi) is 8.34. The molecule has 0 aromatic heterocycles. The fraction of sp³-hybridized carbons (Fsp3) is 0.208. The van der Waals surface area contributed by atoms with Crippen molar-refractivity contribution in [2.24, 2.45) is 0 Å². The predicted molar refractivity (Wildman–Crippen MR) is 140 cm³/mol. The number of hydrogen-bond acceptors (Lipinski definition) is 5. The zero-order valence-corrected chi connectivity index (χ0v) is 22.7. The van der Waals surface area contributed by atoms with Crippen LogP contribution in [0.2, 0.25) is 5.02 Å². The van der Waals surface area contributed by atoms with Crippen molar-refractivity contribution in [2.75, 3.05) is 27.1 Å². The van der Waals surface area contributed by atoms with E-state index in [1.807, 2.05) is 0 Å². The lowest BCUT2D eigenvalue weighted by Crippen LogP contribution is -2.37. The van der Waals surface area contributed by atoms with E-state index in [2.05, 4.69) is 10.0 Å².